The van der Waals surface area contributed by atoms with Crippen molar-refractivity contribution in [3.8, 4) is 6.07 Å². The van der Waals surface area contributed by atoms with Gasteiger partial charge in [0.2, 0.25) is 0 Å². The van der Waals surface area contributed by atoms with Crippen molar-refractivity contribution in [2.45, 2.75) is 18.3 Å². The molecule has 0 aliphatic rings. The quantitative estimate of drug-likeness (QED) is 0.921. The van der Waals surface area contributed by atoms with Crippen molar-refractivity contribution in [2.75, 3.05) is 6.61 Å². The van der Waals surface area contributed by atoms with Crippen LogP contribution in [-0.2, 0) is 0 Å². The van der Waals surface area contributed by atoms with E-state index in [9.17, 15) is 14.0 Å². The first-order chi connectivity index (χ1) is 9.69. The molecule has 20 heavy (non-hydrogen) atoms. The summed E-state index contributed by atoms with van der Waals surface area (Å²) in [6, 6.07) is 5.62. The minimum atomic E-state index is -0.784. The molecular formula is C14H12F2N2OS. The van der Waals surface area contributed by atoms with Gasteiger partial charge in [0.1, 0.15) is 22.6 Å². The van der Waals surface area contributed by atoms with Gasteiger partial charge in [0.15, 0.2) is 0 Å². The molecule has 2 rings (SSSR count). The Morgan fingerprint density at radius 3 is 2.55 bits per heavy atom. The maximum absolute atomic E-state index is 13.9. The minimum absolute atomic E-state index is 0.0929. The topological polar surface area (TPSA) is 56.9 Å². The molecule has 0 radical (unpaired) electrons. The Hall–Kier alpha value is -1.84. The van der Waals surface area contributed by atoms with E-state index in [1.54, 1.807) is 5.38 Å². The van der Waals surface area contributed by atoms with E-state index in [1.807, 2.05) is 6.07 Å². The van der Waals surface area contributed by atoms with Gasteiger partial charge in [0, 0.05) is 29.7 Å². The molecule has 0 unspecified atom stereocenters. The smallest absolute Gasteiger partial charge is 0.129 e. The maximum atomic E-state index is 13.9. The summed E-state index contributed by atoms with van der Waals surface area (Å²) in [4.78, 5) is 4.04. The molecule has 1 aromatic heterocycles. The van der Waals surface area contributed by atoms with Crippen molar-refractivity contribution in [2.24, 2.45) is 0 Å². The Balaban J connectivity index is 2.48. The number of rotatable bonds is 5. The largest absolute Gasteiger partial charge is 0.396 e. The van der Waals surface area contributed by atoms with Crippen LogP contribution in [0.5, 0.6) is 0 Å². The molecule has 1 heterocycles. The van der Waals surface area contributed by atoms with Crippen LogP contribution in [0, 0.1) is 23.0 Å². The molecule has 1 aromatic carbocycles. The fourth-order valence-corrected chi connectivity index (χ4v) is 2.93. The van der Waals surface area contributed by atoms with E-state index in [0.717, 1.165) is 12.1 Å². The second-order valence-corrected chi connectivity index (χ2v) is 5.16. The molecule has 104 valence electrons. The number of hydrogen-bond acceptors (Lipinski definition) is 4. The van der Waals surface area contributed by atoms with Crippen LogP contribution < -0.4 is 0 Å². The third kappa shape index (κ3) is 2.84. The number of nitrogens with zero attached hydrogens (tertiary/aromatic N) is 2. The average Bonchev–Trinajstić information content (AvgIpc) is 2.93. The van der Waals surface area contributed by atoms with E-state index in [-0.39, 0.29) is 18.6 Å². The summed E-state index contributed by atoms with van der Waals surface area (Å²) in [5.74, 6) is -2.97. The number of thiazole rings is 1. The van der Waals surface area contributed by atoms with Crippen molar-refractivity contribution in [3.05, 3.63) is 52.0 Å². The Kier molecular flexibility index (Phi) is 4.77. The lowest BCUT2D eigenvalue weighted by Crippen LogP contribution is -2.15. The number of aliphatic hydroxyl groups excluding tert-OH is 1. The summed E-state index contributed by atoms with van der Waals surface area (Å²) >= 11 is 1.26. The molecule has 1 N–H and O–H groups in total. The molecule has 0 saturated heterocycles. The predicted molar refractivity (Wildman–Crippen MR) is 71.3 cm³/mol. The van der Waals surface area contributed by atoms with Crippen molar-refractivity contribution >= 4 is 11.3 Å². The summed E-state index contributed by atoms with van der Waals surface area (Å²) in [6.45, 7) is -0.262. The highest BCUT2D eigenvalue weighted by Crippen LogP contribution is 2.38. The Bertz CT molecular complexity index is 590. The monoisotopic (exact) mass is 294 g/mol. The first-order valence-electron chi connectivity index (χ1n) is 6.02. The zero-order chi connectivity index (χ0) is 14.5. The highest BCUT2D eigenvalue weighted by atomic mass is 32.1. The van der Waals surface area contributed by atoms with Crippen molar-refractivity contribution in [1.29, 1.82) is 5.26 Å². The van der Waals surface area contributed by atoms with Crippen LogP contribution in [0.4, 0.5) is 8.78 Å². The van der Waals surface area contributed by atoms with Crippen LogP contribution in [0.1, 0.15) is 28.8 Å². The van der Waals surface area contributed by atoms with E-state index < -0.39 is 23.5 Å². The molecule has 0 fully saturated rings. The van der Waals surface area contributed by atoms with Crippen molar-refractivity contribution in [3.63, 3.8) is 0 Å². The summed E-state index contributed by atoms with van der Waals surface area (Å²) in [7, 11) is 0. The molecule has 0 aliphatic heterocycles. The van der Waals surface area contributed by atoms with Gasteiger partial charge in [-0.25, -0.2) is 13.8 Å². The highest BCUT2D eigenvalue weighted by molar-refractivity contribution is 7.09. The number of nitriles is 1. The fraction of sp³-hybridized carbons (Fsp3) is 0.286. The normalized spacial score (nSPS) is 13.7. The standard InChI is InChI=1S/C14H12F2N2OS/c15-11-2-1-3-12(16)13(11)9(4-6-19)10(8-17)14-18-5-7-20-14/h1-3,5,7,9-10,19H,4,6H2/t9-,10+/m1/s1. The first kappa shape index (κ1) is 14.6. The van der Waals surface area contributed by atoms with E-state index >= 15 is 0 Å². The molecule has 3 nitrogen and oxygen atoms in total. The van der Waals surface area contributed by atoms with Crippen LogP contribution >= 0.6 is 11.3 Å². The van der Waals surface area contributed by atoms with Gasteiger partial charge in [-0.2, -0.15) is 5.26 Å². The van der Waals surface area contributed by atoms with Gasteiger partial charge in [-0.1, -0.05) is 6.07 Å². The number of hydrogen-bond donors (Lipinski definition) is 1. The molecule has 0 amide bonds. The maximum Gasteiger partial charge on any atom is 0.129 e. The summed E-state index contributed by atoms with van der Waals surface area (Å²) in [5.41, 5.74) is -0.164. The average molecular weight is 294 g/mol. The third-order valence-electron chi connectivity index (χ3n) is 3.07. The van der Waals surface area contributed by atoms with Gasteiger partial charge in [-0.3, -0.25) is 0 Å². The lowest BCUT2D eigenvalue weighted by atomic mass is 9.84. The second-order valence-electron chi connectivity index (χ2n) is 4.23. The number of halogens is 2. The van der Waals surface area contributed by atoms with Gasteiger partial charge >= 0.3 is 0 Å². The van der Waals surface area contributed by atoms with Crippen LogP contribution in [0.3, 0.4) is 0 Å². The van der Waals surface area contributed by atoms with Gasteiger partial charge < -0.3 is 5.11 Å². The Labute approximate surface area is 119 Å². The van der Waals surface area contributed by atoms with Crippen LogP contribution in [-0.4, -0.2) is 16.7 Å². The molecule has 2 atom stereocenters. The number of aliphatic hydroxyl groups is 1. The van der Waals surface area contributed by atoms with Crippen LogP contribution in [0.2, 0.25) is 0 Å². The summed E-state index contributed by atoms with van der Waals surface area (Å²) in [6.07, 6.45) is 1.63. The van der Waals surface area contributed by atoms with E-state index in [1.165, 1.54) is 23.6 Å². The van der Waals surface area contributed by atoms with Gasteiger partial charge in [0.25, 0.3) is 0 Å². The molecule has 0 spiro atoms. The second kappa shape index (κ2) is 6.55. The van der Waals surface area contributed by atoms with Crippen molar-refractivity contribution in [1.82, 2.24) is 4.98 Å². The van der Waals surface area contributed by atoms with Crippen LogP contribution in [0.15, 0.2) is 29.8 Å². The van der Waals surface area contributed by atoms with Gasteiger partial charge in [-0.15, -0.1) is 11.3 Å². The minimum Gasteiger partial charge on any atom is -0.396 e. The van der Waals surface area contributed by atoms with Crippen molar-refractivity contribution < 1.29 is 13.9 Å². The molecule has 0 bridgehead atoms. The van der Waals surface area contributed by atoms with Gasteiger partial charge in [0.05, 0.1) is 6.07 Å². The van der Waals surface area contributed by atoms with E-state index in [0.29, 0.717) is 5.01 Å². The lowest BCUT2D eigenvalue weighted by molar-refractivity contribution is 0.269. The van der Waals surface area contributed by atoms with E-state index in [2.05, 4.69) is 4.98 Å². The zero-order valence-corrected chi connectivity index (χ0v) is 11.3. The fourth-order valence-electron chi connectivity index (χ4n) is 2.19. The third-order valence-corrected chi connectivity index (χ3v) is 3.93. The summed E-state index contributed by atoms with van der Waals surface area (Å²) in [5, 5.41) is 20.7. The molecule has 0 saturated carbocycles. The zero-order valence-electron chi connectivity index (χ0n) is 10.5. The number of aromatic nitrogens is 1. The van der Waals surface area contributed by atoms with Crippen LogP contribution in [0.25, 0.3) is 0 Å². The summed E-state index contributed by atoms with van der Waals surface area (Å²) < 4.78 is 27.8. The number of benzene rings is 1. The van der Waals surface area contributed by atoms with E-state index in [4.69, 9.17) is 5.11 Å². The Morgan fingerprint density at radius 2 is 2.05 bits per heavy atom. The Morgan fingerprint density at radius 1 is 1.35 bits per heavy atom. The lowest BCUT2D eigenvalue weighted by Gasteiger charge is -2.21. The first-order valence-corrected chi connectivity index (χ1v) is 6.90. The predicted octanol–water partition coefficient (Wildman–Crippen LogP) is 3.19. The van der Waals surface area contributed by atoms with Gasteiger partial charge in [-0.05, 0) is 18.6 Å². The molecular weight excluding hydrogens is 282 g/mol. The molecule has 0 aliphatic carbocycles. The molecule has 6 heteroatoms. The SMILES string of the molecule is N#C[C@H](c1nccs1)[C@@H](CCO)c1c(F)cccc1F. The highest BCUT2D eigenvalue weighted by Gasteiger charge is 2.30. The molecule has 2 aromatic rings.